The summed E-state index contributed by atoms with van der Waals surface area (Å²) in [4.78, 5) is 40.7. The zero-order valence-corrected chi connectivity index (χ0v) is 15.9. The van der Waals surface area contributed by atoms with E-state index in [0.29, 0.717) is 12.5 Å². The van der Waals surface area contributed by atoms with Crippen molar-refractivity contribution in [3.8, 4) is 0 Å². The fourth-order valence-electron chi connectivity index (χ4n) is 4.49. The summed E-state index contributed by atoms with van der Waals surface area (Å²) in [5, 5.41) is 0.443. The number of fused-ring (bicyclic) bond motifs is 2. The van der Waals surface area contributed by atoms with E-state index in [1.807, 2.05) is 4.90 Å². The highest BCUT2D eigenvalue weighted by Crippen LogP contribution is 2.36. The molecule has 1 aromatic carbocycles. The Balaban J connectivity index is 1.47. The van der Waals surface area contributed by atoms with Gasteiger partial charge in [-0.05, 0) is 36.8 Å². The second-order valence-corrected chi connectivity index (χ2v) is 8.26. The summed E-state index contributed by atoms with van der Waals surface area (Å²) in [7, 11) is 0. The molecule has 2 aliphatic heterocycles. The molecule has 0 spiro atoms. The normalized spacial score (nSPS) is 25.3. The molecule has 2 heterocycles. The highest BCUT2D eigenvalue weighted by Gasteiger charge is 2.39. The molecule has 5 nitrogen and oxygen atoms in total. The van der Waals surface area contributed by atoms with Crippen molar-refractivity contribution in [2.75, 3.05) is 19.6 Å². The largest absolute Gasteiger partial charge is 0.341 e. The highest BCUT2D eigenvalue weighted by molar-refractivity contribution is 6.43. The average Bonchev–Trinajstić information content (AvgIpc) is 2.86. The molecule has 3 amide bonds. The zero-order valence-electron chi connectivity index (χ0n) is 14.3. The van der Waals surface area contributed by atoms with Gasteiger partial charge in [0, 0.05) is 13.1 Å². The molecular weight excluding hydrogens is 375 g/mol. The summed E-state index contributed by atoms with van der Waals surface area (Å²) in [5.41, 5.74) is 0.423. The van der Waals surface area contributed by atoms with E-state index in [4.69, 9.17) is 23.2 Å². The molecule has 0 unspecified atom stereocenters. The van der Waals surface area contributed by atoms with Crippen LogP contribution in [0.4, 0.5) is 0 Å². The number of hydrogen-bond acceptors (Lipinski definition) is 3. The Morgan fingerprint density at radius 2 is 1.54 bits per heavy atom. The van der Waals surface area contributed by atoms with Crippen molar-refractivity contribution in [3.05, 3.63) is 33.3 Å². The van der Waals surface area contributed by atoms with Gasteiger partial charge in [-0.3, -0.25) is 19.3 Å². The first-order valence-electron chi connectivity index (χ1n) is 9.08. The van der Waals surface area contributed by atoms with Crippen LogP contribution in [0.25, 0.3) is 0 Å². The van der Waals surface area contributed by atoms with Gasteiger partial charge in [0.05, 0.1) is 21.2 Å². The van der Waals surface area contributed by atoms with Crippen LogP contribution in [0, 0.1) is 11.8 Å². The first-order valence-corrected chi connectivity index (χ1v) is 9.84. The van der Waals surface area contributed by atoms with Crippen LogP contribution in [-0.4, -0.2) is 47.2 Å². The van der Waals surface area contributed by atoms with Gasteiger partial charge in [0.25, 0.3) is 11.8 Å². The molecule has 2 fully saturated rings. The van der Waals surface area contributed by atoms with Crippen LogP contribution >= 0.6 is 23.2 Å². The number of halogens is 2. The predicted octanol–water partition coefficient (Wildman–Crippen LogP) is 3.63. The zero-order chi connectivity index (χ0) is 18.4. The summed E-state index contributed by atoms with van der Waals surface area (Å²) in [6.07, 6.45) is 5.95. The van der Waals surface area contributed by atoms with E-state index in [9.17, 15) is 14.4 Å². The third kappa shape index (κ3) is 3.01. The molecule has 2 atom stereocenters. The minimum atomic E-state index is -0.482. The number of carbonyl (C=O) groups excluding carboxylic acids is 3. The number of imide groups is 1. The van der Waals surface area contributed by atoms with Crippen molar-refractivity contribution in [1.29, 1.82) is 0 Å². The number of piperidine rings is 1. The number of amides is 3. The fraction of sp³-hybridized carbons (Fsp3) is 0.526. The lowest BCUT2D eigenvalue weighted by molar-refractivity contribution is -0.134. The van der Waals surface area contributed by atoms with Gasteiger partial charge < -0.3 is 4.90 Å². The van der Waals surface area contributed by atoms with E-state index in [1.165, 1.54) is 37.8 Å². The van der Waals surface area contributed by atoms with E-state index < -0.39 is 11.8 Å². The Kier molecular flexibility index (Phi) is 4.70. The van der Waals surface area contributed by atoms with Crippen LogP contribution in [0.1, 0.15) is 52.8 Å². The molecule has 1 saturated heterocycles. The lowest BCUT2D eigenvalue weighted by Gasteiger charge is -2.41. The van der Waals surface area contributed by atoms with Gasteiger partial charge >= 0.3 is 0 Å². The first-order chi connectivity index (χ1) is 12.5. The molecular formula is C19H20Cl2N2O3. The van der Waals surface area contributed by atoms with Crippen molar-refractivity contribution in [3.63, 3.8) is 0 Å². The quantitative estimate of drug-likeness (QED) is 0.719. The molecule has 26 heavy (non-hydrogen) atoms. The number of benzene rings is 1. The molecule has 0 N–H and O–H groups in total. The van der Waals surface area contributed by atoms with E-state index in [2.05, 4.69) is 0 Å². The summed E-state index contributed by atoms with van der Waals surface area (Å²) >= 11 is 11.9. The van der Waals surface area contributed by atoms with E-state index >= 15 is 0 Å². The van der Waals surface area contributed by atoms with Crippen LogP contribution < -0.4 is 0 Å². The number of likely N-dealkylation sites (tertiary alicyclic amines) is 1. The third-order valence-electron chi connectivity index (χ3n) is 5.95. The van der Waals surface area contributed by atoms with E-state index in [0.717, 1.165) is 23.8 Å². The molecule has 0 radical (unpaired) electrons. The maximum absolute atomic E-state index is 12.7. The lowest BCUT2D eigenvalue weighted by Crippen LogP contribution is -2.49. The van der Waals surface area contributed by atoms with Gasteiger partial charge in [-0.25, -0.2) is 0 Å². The average molecular weight is 395 g/mol. The molecule has 0 bridgehead atoms. The summed E-state index contributed by atoms with van der Waals surface area (Å²) in [5.74, 6) is 0.146. The smallest absolute Gasteiger partial charge is 0.262 e. The van der Waals surface area contributed by atoms with Gasteiger partial charge in [0.1, 0.15) is 6.54 Å². The number of nitrogens with zero attached hydrogens (tertiary/aromatic N) is 2. The maximum Gasteiger partial charge on any atom is 0.262 e. The van der Waals surface area contributed by atoms with Crippen LogP contribution in [0.2, 0.25) is 10.0 Å². The van der Waals surface area contributed by atoms with Crippen LogP contribution in [0.3, 0.4) is 0 Å². The van der Waals surface area contributed by atoms with Gasteiger partial charge in [0.2, 0.25) is 5.91 Å². The van der Waals surface area contributed by atoms with Crippen molar-refractivity contribution in [2.45, 2.75) is 32.1 Å². The minimum Gasteiger partial charge on any atom is -0.341 e. The third-order valence-corrected chi connectivity index (χ3v) is 6.67. The molecule has 7 heteroatoms. The monoisotopic (exact) mass is 394 g/mol. The van der Waals surface area contributed by atoms with Gasteiger partial charge in [-0.1, -0.05) is 42.5 Å². The predicted molar refractivity (Wildman–Crippen MR) is 98.5 cm³/mol. The lowest BCUT2D eigenvalue weighted by atomic mass is 9.75. The Morgan fingerprint density at radius 1 is 0.962 bits per heavy atom. The topological polar surface area (TPSA) is 57.7 Å². The molecule has 3 aliphatic rings. The standard InChI is InChI=1S/C19H20Cl2N2O3/c20-15-7-13-14(8-16(15)21)19(26)23(18(13)25)10-17(24)22-6-5-11-3-1-2-4-12(11)9-22/h7-8,11-12H,1-6,9-10H2/t11-,12+/m0/s1. The summed E-state index contributed by atoms with van der Waals surface area (Å²) in [6, 6.07) is 2.80. The van der Waals surface area contributed by atoms with Crippen molar-refractivity contribution in [1.82, 2.24) is 9.80 Å². The highest BCUT2D eigenvalue weighted by atomic mass is 35.5. The van der Waals surface area contributed by atoms with Gasteiger partial charge in [0.15, 0.2) is 0 Å². The maximum atomic E-state index is 12.7. The van der Waals surface area contributed by atoms with Crippen LogP contribution in [0.5, 0.6) is 0 Å². The second kappa shape index (κ2) is 6.86. The van der Waals surface area contributed by atoms with Crippen molar-refractivity contribution in [2.24, 2.45) is 11.8 Å². The van der Waals surface area contributed by atoms with Crippen molar-refractivity contribution < 1.29 is 14.4 Å². The SMILES string of the molecule is O=C(CN1C(=O)c2cc(Cl)c(Cl)cc2C1=O)N1CC[C@@H]2CCCC[C@@H]2C1. The van der Waals surface area contributed by atoms with E-state index in [-0.39, 0.29) is 33.6 Å². The van der Waals surface area contributed by atoms with E-state index in [1.54, 1.807) is 0 Å². The Labute approximate surface area is 162 Å². The van der Waals surface area contributed by atoms with Crippen LogP contribution in [0.15, 0.2) is 12.1 Å². The van der Waals surface area contributed by atoms with Crippen LogP contribution in [-0.2, 0) is 4.79 Å². The molecule has 1 aliphatic carbocycles. The van der Waals surface area contributed by atoms with Crippen molar-refractivity contribution >= 4 is 40.9 Å². The molecule has 4 rings (SSSR count). The Hall–Kier alpha value is -1.59. The molecule has 1 saturated carbocycles. The Morgan fingerprint density at radius 3 is 2.15 bits per heavy atom. The fourth-order valence-corrected chi connectivity index (χ4v) is 4.82. The number of rotatable bonds is 2. The second-order valence-electron chi connectivity index (χ2n) is 7.44. The molecule has 0 aromatic heterocycles. The minimum absolute atomic E-state index is 0.166. The molecule has 138 valence electrons. The van der Waals surface area contributed by atoms with Gasteiger partial charge in [-0.15, -0.1) is 0 Å². The van der Waals surface area contributed by atoms with Gasteiger partial charge in [-0.2, -0.15) is 0 Å². The molecule has 1 aromatic rings. The summed E-state index contributed by atoms with van der Waals surface area (Å²) < 4.78 is 0. The number of carbonyl (C=O) groups is 3. The number of hydrogen-bond donors (Lipinski definition) is 0. The first kappa shape index (κ1) is 17.8. The summed E-state index contributed by atoms with van der Waals surface area (Å²) in [6.45, 7) is 1.23. The Bertz CT molecular complexity index is 754.